The highest BCUT2D eigenvalue weighted by molar-refractivity contribution is 5.78. The number of hydrogen-bond acceptors (Lipinski definition) is 5. The molecule has 114 valence electrons. The molecule has 2 aromatic heterocycles. The second-order valence-electron chi connectivity index (χ2n) is 5.66. The number of rotatable bonds is 1. The minimum Gasteiger partial charge on any atom is -0.243 e. The van der Waals surface area contributed by atoms with Crippen LogP contribution in [0.15, 0.2) is 12.4 Å². The largest absolute Gasteiger partial charge is 0.435 e. The van der Waals surface area contributed by atoms with Gasteiger partial charge in [-0.15, -0.1) is 10.2 Å². The highest BCUT2D eigenvalue weighted by atomic mass is 19.4. The van der Waals surface area contributed by atoms with Crippen molar-refractivity contribution in [1.29, 1.82) is 0 Å². The number of alkyl halides is 3. The minimum absolute atomic E-state index is 0.0342. The molecule has 0 atom stereocenters. The Labute approximate surface area is 117 Å². The molecule has 0 saturated carbocycles. The fourth-order valence-corrected chi connectivity index (χ4v) is 1.76. The summed E-state index contributed by atoms with van der Waals surface area (Å²) in [4.78, 5) is 12.0. The monoisotopic (exact) mass is 302 g/mol. The Kier molecular flexibility index (Phi) is 3.56. The van der Waals surface area contributed by atoms with Crippen molar-refractivity contribution >= 4 is 6.03 Å². The summed E-state index contributed by atoms with van der Waals surface area (Å²) in [6.45, 7) is 5.31. The van der Waals surface area contributed by atoms with Crippen LogP contribution in [-0.4, -0.2) is 36.0 Å². The van der Waals surface area contributed by atoms with Crippen molar-refractivity contribution in [3.63, 3.8) is 0 Å². The van der Waals surface area contributed by atoms with Crippen LogP contribution in [0, 0.1) is 5.41 Å². The van der Waals surface area contributed by atoms with Crippen LogP contribution in [0.5, 0.6) is 0 Å². The highest BCUT2D eigenvalue weighted by Crippen LogP contribution is 2.33. The van der Waals surface area contributed by atoms with E-state index in [1.54, 1.807) is 20.8 Å². The summed E-state index contributed by atoms with van der Waals surface area (Å²) in [6, 6.07) is -1.09. The molecule has 0 aliphatic heterocycles. The van der Waals surface area contributed by atoms with Crippen molar-refractivity contribution in [2.75, 3.05) is 0 Å². The number of halogens is 3. The van der Waals surface area contributed by atoms with Crippen molar-refractivity contribution in [2.45, 2.75) is 33.4 Å². The topological polar surface area (TPSA) is 78.5 Å². The molecule has 0 aromatic carbocycles. The van der Waals surface area contributed by atoms with E-state index in [-0.39, 0.29) is 16.8 Å². The Morgan fingerprint density at radius 3 is 2.38 bits per heavy atom. The van der Waals surface area contributed by atoms with Gasteiger partial charge in [0.2, 0.25) is 0 Å². The molecule has 0 saturated heterocycles. The average molecular weight is 302 g/mol. The maximum absolute atomic E-state index is 13.2. The predicted octanol–water partition coefficient (Wildman–Crippen LogP) is 1.99. The van der Waals surface area contributed by atoms with Gasteiger partial charge in [-0.3, -0.25) is 0 Å². The molecule has 0 bridgehead atoms. The molecular formula is C11H13F3N6O. The summed E-state index contributed by atoms with van der Waals surface area (Å²) in [5.74, 6) is 0. The van der Waals surface area contributed by atoms with Gasteiger partial charge in [-0.05, 0) is 11.8 Å². The lowest BCUT2D eigenvalue weighted by Crippen LogP contribution is -2.27. The van der Waals surface area contributed by atoms with Crippen LogP contribution in [0.2, 0.25) is 0 Å². The van der Waals surface area contributed by atoms with Crippen LogP contribution >= 0.6 is 0 Å². The van der Waals surface area contributed by atoms with Crippen LogP contribution in [0.1, 0.15) is 32.2 Å². The molecule has 0 aliphatic rings. The van der Waals surface area contributed by atoms with Crippen molar-refractivity contribution < 1.29 is 18.0 Å². The lowest BCUT2D eigenvalue weighted by molar-refractivity contribution is -0.143. The van der Waals surface area contributed by atoms with Gasteiger partial charge in [0, 0.05) is 0 Å². The SMILES string of the molecule is CC(C)(C)Cc1nnn(C(=O)n2ccnn2)c1C(F)(F)F. The molecule has 10 heteroatoms. The molecule has 2 rings (SSSR count). The second-order valence-corrected chi connectivity index (χ2v) is 5.66. The molecule has 0 radical (unpaired) electrons. The first-order valence-electron chi connectivity index (χ1n) is 6.02. The average Bonchev–Trinajstić information content (AvgIpc) is 2.92. The molecular weight excluding hydrogens is 289 g/mol. The summed E-state index contributed by atoms with van der Waals surface area (Å²) >= 11 is 0. The van der Waals surface area contributed by atoms with E-state index in [0.29, 0.717) is 4.68 Å². The van der Waals surface area contributed by atoms with Gasteiger partial charge in [-0.2, -0.15) is 22.5 Å². The maximum atomic E-state index is 13.2. The summed E-state index contributed by atoms with van der Waals surface area (Å²) in [6.07, 6.45) is -2.40. The van der Waals surface area contributed by atoms with Crippen LogP contribution in [0.4, 0.5) is 18.0 Å². The summed E-state index contributed by atoms with van der Waals surface area (Å²) in [5.41, 5.74) is -1.89. The van der Waals surface area contributed by atoms with Gasteiger partial charge in [0.1, 0.15) is 0 Å². The third-order valence-corrected chi connectivity index (χ3v) is 2.51. The second kappa shape index (κ2) is 4.93. The fraction of sp³-hybridized carbons (Fsp3) is 0.545. The Morgan fingerprint density at radius 1 is 1.24 bits per heavy atom. The molecule has 0 spiro atoms. The van der Waals surface area contributed by atoms with Gasteiger partial charge in [0.25, 0.3) is 0 Å². The maximum Gasteiger partial charge on any atom is 0.435 e. The van der Waals surface area contributed by atoms with E-state index in [1.165, 1.54) is 6.20 Å². The van der Waals surface area contributed by atoms with Crippen molar-refractivity contribution in [3.05, 3.63) is 23.8 Å². The van der Waals surface area contributed by atoms with Crippen LogP contribution in [0.3, 0.4) is 0 Å². The number of carbonyl (C=O) groups excluding carboxylic acids is 1. The quantitative estimate of drug-likeness (QED) is 0.805. The number of nitrogens with zero attached hydrogens (tertiary/aromatic N) is 6. The third-order valence-electron chi connectivity index (χ3n) is 2.51. The Hall–Kier alpha value is -2.26. The molecule has 0 aliphatic carbocycles. The van der Waals surface area contributed by atoms with Crippen LogP contribution in [-0.2, 0) is 12.6 Å². The van der Waals surface area contributed by atoms with E-state index in [9.17, 15) is 18.0 Å². The van der Waals surface area contributed by atoms with Crippen molar-refractivity contribution in [2.24, 2.45) is 5.41 Å². The lowest BCUT2D eigenvalue weighted by Gasteiger charge is -2.17. The normalized spacial score (nSPS) is 12.7. The number of hydrogen-bond donors (Lipinski definition) is 0. The first kappa shape index (κ1) is 15.1. The third kappa shape index (κ3) is 3.26. The first-order chi connectivity index (χ1) is 9.59. The van der Waals surface area contributed by atoms with E-state index >= 15 is 0 Å². The van der Waals surface area contributed by atoms with Crippen molar-refractivity contribution in [1.82, 2.24) is 30.0 Å². The number of aromatic nitrogens is 6. The van der Waals surface area contributed by atoms with Gasteiger partial charge >= 0.3 is 12.2 Å². The first-order valence-corrected chi connectivity index (χ1v) is 6.02. The van der Waals surface area contributed by atoms with E-state index in [2.05, 4.69) is 20.6 Å². The van der Waals surface area contributed by atoms with Gasteiger partial charge in [-0.25, -0.2) is 4.79 Å². The zero-order valence-electron chi connectivity index (χ0n) is 11.6. The standard InChI is InChI=1S/C11H13F3N6O/c1-10(2,3)6-7-8(11(12,13)14)20(18-16-7)9(21)19-5-4-15-17-19/h4-5H,6H2,1-3H3. The van der Waals surface area contributed by atoms with Crippen molar-refractivity contribution in [3.8, 4) is 0 Å². The van der Waals surface area contributed by atoms with E-state index in [4.69, 9.17) is 0 Å². The van der Waals surface area contributed by atoms with Crippen LogP contribution < -0.4 is 0 Å². The smallest absolute Gasteiger partial charge is 0.243 e. The molecule has 2 heterocycles. The summed E-state index contributed by atoms with van der Waals surface area (Å²) < 4.78 is 40.5. The predicted molar refractivity (Wildman–Crippen MR) is 64.4 cm³/mol. The zero-order chi connectivity index (χ0) is 15.8. The molecule has 0 amide bonds. The molecule has 0 N–H and O–H groups in total. The van der Waals surface area contributed by atoms with Gasteiger partial charge in [0.15, 0.2) is 5.69 Å². The van der Waals surface area contributed by atoms with Gasteiger partial charge < -0.3 is 0 Å². The summed E-state index contributed by atoms with van der Waals surface area (Å²) in [5, 5.41) is 13.6. The minimum atomic E-state index is -4.75. The van der Waals surface area contributed by atoms with Crippen LogP contribution in [0.25, 0.3) is 0 Å². The molecule has 2 aromatic rings. The van der Waals surface area contributed by atoms with Gasteiger partial charge in [0.05, 0.1) is 18.1 Å². The summed E-state index contributed by atoms with van der Waals surface area (Å²) in [7, 11) is 0. The zero-order valence-corrected chi connectivity index (χ0v) is 11.6. The molecule has 21 heavy (non-hydrogen) atoms. The fourth-order valence-electron chi connectivity index (χ4n) is 1.76. The lowest BCUT2D eigenvalue weighted by atomic mass is 9.90. The molecule has 0 unspecified atom stereocenters. The number of carbonyl (C=O) groups is 1. The van der Waals surface area contributed by atoms with E-state index < -0.39 is 23.3 Å². The van der Waals surface area contributed by atoms with E-state index in [0.717, 1.165) is 6.20 Å². The molecule has 7 nitrogen and oxygen atoms in total. The van der Waals surface area contributed by atoms with Gasteiger partial charge in [-0.1, -0.05) is 31.2 Å². The highest BCUT2D eigenvalue weighted by Gasteiger charge is 2.42. The molecule has 0 fully saturated rings. The Bertz CT molecular complexity index is 638. The Balaban J connectivity index is 2.50. The van der Waals surface area contributed by atoms with E-state index in [1.807, 2.05) is 0 Å². The Morgan fingerprint density at radius 2 is 1.90 bits per heavy atom.